The van der Waals surface area contributed by atoms with Crippen molar-refractivity contribution in [3.05, 3.63) is 34.9 Å². The molecule has 2 heteroatoms. The molecule has 0 atom stereocenters. The number of hydrogen-bond donors (Lipinski definition) is 0. The van der Waals surface area contributed by atoms with Gasteiger partial charge in [0.25, 0.3) is 0 Å². The van der Waals surface area contributed by atoms with Crippen LogP contribution in [0.4, 0.5) is 0 Å². The summed E-state index contributed by atoms with van der Waals surface area (Å²) >= 11 is 5.81. The van der Waals surface area contributed by atoms with E-state index in [0.717, 1.165) is 6.54 Å². The lowest BCUT2D eigenvalue weighted by Crippen LogP contribution is -2.17. The molecule has 1 aromatic rings. The van der Waals surface area contributed by atoms with E-state index in [9.17, 15) is 0 Å². The number of benzene rings is 1. The van der Waals surface area contributed by atoms with Crippen LogP contribution in [0.25, 0.3) is 0 Å². The van der Waals surface area contributed by atoms with E-state index >= 15 is 0 Å². The van der Waals surface area contributed by atoms with Gasteiger partial charge < -0.3 is 0 Å². The summed E-state index contributed by atoms with van der Waals surface area (Å²) in [5.41, 5.74) is 4.30. The van der Waals surface area contributed by atoms with Crippen LogP contribution in [0.15, 0.2) is 18.2 Å². The molecule has 0 heterocycles. The Balaban J connectivity index is 3.00. The monoisotopic (exact) mass is 239 g/mol. The maximum atomic E-state index is 5.81. The molecular formula is C14H22ClN. The Labute approximate surface area is 104 Å². The molecule has 1 nitrogen and oxygen atoms in total. The maximum Gasteiger partial charge on any atom is 0.0738 e. The number of aryl methyl sites for hydroxylation is 1. The van der Waals surface area contributed by atoms with Crippen molar-refractivity contribution in [2.24, 2.45) is 0 Å². The first-order chi connectivity index (χ1) is 7.34. The standard InChI is InChI=1S/C14H22ClN/c1-11-6-7-13(14(2,3)4)8-12(11)9-16(5)10-15/h6-8H,9-10H2,1-5H3. The van der Waals surface area contributed by atoms with E-state index in [1.54, 1.807) is 0 Å². The first-order valence-corrected chi connectivity index (χ1v) is 6.22. The van der Waals surface area contributed by atoms with E-state index < -0.39 is 0 Å². The van der Waals surface area contributed by atoms with E-state index in [1.807, 2.05) is 7.05 Å². The van der Waals surface area contributed by atoms with Crippen LogP contribution in [-0.4, -0.2) is 18.0 Å². The number of hydrogen-bond acceptors (Lipinski definition) is 1. The van der Waals surface area contributed by atoms with E-state index in [4.69, 9.17) is 11.6 Å². The highest BCUT2D eigenvalue weighted by molar-refractivity contribution is 6.17. The molecule has 0 bridgehead atoms. The second-order valence-corrected chi connectivity index (χ2v) is 5.76. The van der Waals surface area contributed by atoms with Crippen molar-refractivity contribution >= 4 is 11.6 Å². The lowest BCUT2D eigenvalue weighted by Gasteiger charge is -2.22. The van der Waals surface area contributed by atoms with Crippen LogP contribution in [0.2, 0.25) is 0 Å². The summed E-state index contributed by atoms with van der Waals surface area (Å²) < 4.78 is 0. The topological polar surface area (TPSA) is 3.24 Å². The van der Waals surface area contributed by atoms with Gasteiger partial charge in [0.2, 0.25) is 0 Å². The molecule has 0 radical (unpaired) electrons. The molecule has 0 aromatic heterocycles. The third kappa shape index (κ3) is 3.50. The summed E-state index contributed by atoms with van der Waals surface area (Å²) in [6.45, 7) is 9.80. The second kappa shape index (κ2) is 5.20. The Morgan fingerprint density at radius 2 is 1.88 bits per heavy atom. The average Bonchev–Trinajstić information content (AvgIpc) is 2.19. The lowest BCUT2D eigenvalue weighted by atomic mass is 9.85. The number of nitrogens with zero attached hydrogens (tertiary/aromatic N) is 1. The quantitative estimate of drug-likeness (QED) is 0.571. The van der Waals surface area contributed by atoms with Crippen LogP contribution in [0.3, 0.4) is 0 Å². The molecule has 1 rings (SSSR count). The van der Waals surface area contributed by atoms with Gasteiger partial charge in [-0.05, 0) is 36.1 Å². The largest absolute Gasteiger partial charge is 0.289 e. The van der Waals surface area contributed by atoms with Crippen molar-refractivity contribution < 1.29 is 0 Å². The minimum Gasteiger partial charge on any atom is -0.289 e. The number of alkyl halides is 1. The zero-order valence-corrected chi connectivity index (χ0v) is 11.7. The third-order valence-electron chi connectivity index (χ3n) is 2.86. The van der Waals surface area contributed by atoms with Crippen LogP contribution in [0.1, 0.15) is 37.5 Å². The van der Waals surface area contributed by atoms with Crippen molar-refractivity contribution in [1.29, 1.82) is 0 Å². The summed E-state index contributed by atoms with van der Waals surface area (Å²) in [7, 11) is 2.04. The molecule has 0 aliphatic heterocycles. The molecule has 0 fully saturated rings. The van der Waals surface area contributed by atoms with Crippen molar-refractivity contribution in [2.45, 2.75) is 39.7 Å². The highest BCUT2D eigenvalue weighted by atomic mass is 35.5. The summed E-state index contributed by atoms with van der Waals surface area (Å²) in [6.07, 6.45) is 0. The Morgan fingerprint density at radius 3 is 2.38 bits per heavy atom. The summed E-state index contributed by atoms with van der Waals surface area (Å²) in [6, 6.07) is 7.30. The first-order valence-electron chi connectivity index (χ1n) is 5.69. The fraction of sp³-hybridized carbons (Fsp3) is 0.571. The van der Waals surface area contributed by atoms with Crippen LogP contribution >= 0.6 is 11.6 Å². The van der Waals surface area contributed by atoms with Crippen LogP contribution in [-0.2, 0) is 12.0 Å². The minimum absolute atomic E-state index is 0.210. The van der Waals surface area contributed by atoms with E-state index in [1.165, 1.54) is 16.7 Å². The van der Waals surface area contributed by atoms with E-state index in [0.29, 0.717) is 6.00 Å². The van der Waals surface area contributed by atoms with Gasteiger partial charge >= 0.3 is 0 Å². The maximum absolute atomic E-state index is 5.81. The van der Waals surface area contributed by atoms with Gasteiger partial charge in [0.05, 0.1) is 6.00 Å². The molecule has 0 unspecified atom stereocenters. The molecule has 0 aliphatic carbocycles. The smallest absolute Gasteiger partial charge is 0.0738 e. The Bertz CT molecular complexity index is 352. The normalized spacial score (nSPS) is 12.2. The zero-order valence-electron chi connectivity index (χ0n) is 11.0. The van der Waals surface area contributed by atoms with Crippen molar-refractivity contribution in [3.8, 4) is 0 Å². The first kappa shape index (κ1) is 13.5. The number of halogens is 1. The van der Waals surface area contributed by atoms with Gasteiger partial charge in [-0.2, -0.15) is 0 Å². The Kier molecular flexibility index (Phi) is 4.40. The van der Waals surface area contributed by atoms with Gasteiger partial charge in [-0.25, -0.2) is 0 Å². The van der Waals surface area contributed by atoms with E-state index in [2.05, 4.69) is 50.8 Å². The van der Waals surface area contributed by atoms with Crippen molar-refractivity contribution in [3.63, 3.8) is 0 Å². The Morgan fingerprint density at radius 1 is 1.25 bits per heavy atom. The molecule has 0 aliphatic rings. The molecule has 0 saturated carbocycles. The van der Waals surface area contributed by atoms with Gasteiger partial charge in [0.15, 0.2) is 0 Å². The molecule has 16 heavy (non-hydrogen) atoms. The molecule has 0 N–H and O–H groups in total. The average molecular weight is 240 g/mol. The van der Waals surface area contributed by atoms with Crippen molar-refractivity contribution in [1.82, 2.24) is 4.90 Å². The molecule has 0 saturated heterocycles. The third-order valence-corrected chi connectivity index (χ3v) is 3.27. The van der Waals surface area contributed by atoms with Crippen LogP contribution in [0, 0.1) is 6.92 Å². The van der Waals surface area contributed by atoms with Crippen molar-refractivity contribution in [2.75, 3.05) is 13.1 Å². The van der Waals surface area contributed by atoms with Gasteiger partial charge in [-0.15, -0.1) is 11.6 Å². The number of rotatable bonds is 3. The summed E-state index contributed by atoms with van der Waals surface area (Å²) in [5, 5.41) is 0. The fourth-order valence-corrected chi connectivity index (χ4v) is 1.73. The SMILES string of the molecule is Cc1ccc(C(C)(C)C)cc1CN(C)CCl. The highest BCUT2D eigenvalue weighted by Crippen LogP contribution is 2.24. The summed E-state index contributed by atoms with van der Waals surface area (Å²) in [5.74, 6) is 0. The van der Waals surface area contributed by atoms with Gasteiger partial charge in [0.1, 0.15) is 0 Å². The predicted octanol–water partition coefficient (Wildman–Crippen LogP) is 3.92. The van der Waals surface area contributed by atoms with Gasteiger partial charge in [-0.1, -0.05) is 39.0 Å². The highest BCUT2D eigenvalue weighted by Gasteiger charge is 2.14. The second-order valence-electron chi connectivity index (χ2n) is 5.52. The van der Waals surface area contributed by atoms with Crippen LogP contribution < -0.4 is 0 Å². The minimum atomic E-state index is 0.210. The lowest BCUT2D eigenvalue weighted by molar-refractivity contribution is 0.381. The molecule has 90 valence electrons. The molecular weight excluding hydrogens is 218 g/mol. The molecule has 0 amide bonds. The Hall–Kier alpha value is -0.530. The zero-order chi connectivity index (χ0) is 12.3. The summed E-state index contributed by atoms with van der Waals surface area (Å²) in [4.78, 5) is 2.11. The predicted molar refractivity (Wildman–Crippen MR) is 72.1 cm³/mol. The molecule has 1 aromatic carbocycles. The van der Waals surface area contributed by atoms with E-state index in [-0.39, 0.29) is 5.41 Å². The van der Waals surface area contributed by atoms with Gasteiger partial charge in [0, 0.05) is 6.54 Å². The molecule has 0 spiro atoms. The fourth-order valence-electron chi connectivity index (χ4n) is 1.64. The van der Waals surface area contributed by atoms with Gasteiger partial charge in [-0.3, -0.25) is 4.90 Å². The van der Waals surface area contributed by atoms with Crippen LogP contribution in [0.5, 0.6) is 0 Å².